The maximum Gasteiger partial charge on any atom is 0.416 e. The monoisotopic (exact) mass is 483 g/mol. The first-order chi connectivity index (χ1) is 14.2. The van der Waals surface area contributed by atoms with Crippen molar-refractivity contribution in [1.29, 1.82) is 0 Å². The summed E-state index contributed by atoms with van der Waals surface area (Å²) in [5.41, 5.74) is 0.606. The van der Waals surface area contributed by atoms with Crippen molar-refractivity contribution in [1.82, 2.24) is 15.1 Å². The quantitative estimate of drug-likeness (QED) is 0.707. The Bertz CT molecular complexity index is 895. The number of nitrogens with one attached hydrogen (secondary N) is 1. The van der Waals surface area contributed by atoms with Crippen LogP contribution in [-0.2, 0) is 17.5 Å². The van der Waals surface area contributed by atoms with Crippen LogP contribution in [0.2, 0.25) is 0 Å². The van der Waals surface area contributed by atoms with Crippen LogP contribution in [0.1, 0.15) is 21.5 Å². The highest BCUT2D eigenvalue weighted by Gasteiger charge is 2.30. The zero-order valence-electron chi connectivity index (χ0n) is 16.1. The van der Waals surface area contributed by atoms with Crippen molar-refractivity contribution in [2.75, 3.05) is 32.7 Å². The summed E-state index contributed by atoms with van der Waals surface area (Å²) >= 11 is 3.30. The Hall–Kier alpha value is -2.39. The summed E-state index contributed by atoms with van der Waals surface area (Å²) in [6, 6.07) is 12.1. The third-order valence-electron chi connectivity index (χ3n) is 4.90. The molecular formula is C21H21BrF3N3O2. The molecule has 1 aliphatic heterocycles. The number of carbonyl (C=O) groups excluding carboxylic acids is 2. The number of hydrogen-bond donors (Lipinski definition) is 1. The van der Waals surface area contributed by atoms with Gasteiger partial charge in [-0.15, -0.1) is 0 Å². The van der Waals surface area contributed by atoms with E-state index < -0.39 is 11.7 Å². The van der Waals surface area contributed by atoms with Gasteiger partial charge in [0.2, 0.25) is 5.91 Å². The fourth-order valence-corrected chi connectivity index (χ4v) is 3.61. The van der Waals surface area contributed by atoms with Gasteiger partial charge in [0.1, 0.15) is 0 Å². The summed E-state index contributed by atoms with van der Waals surface area (Å²) in [6.45, 7) is 2.70. The molecule has 160 valence electrons. The molecule has 0 aliphatic carbocycles. The summed E-state index contributed by atoms with van der Waals surface area (Å²) in [7, 11) is 0. The largest absolute Gasteiger partial charge is 0.416 e. The molecule has 0 atom stereocenters. The Morgan fingerprint density at radius 1 is 1.00 bits per heavy atom. The Morgan fingerprint density at radius 3 is 2.27 bits per heavy atom. The number of hydrogen-bond acceptors (Lipinski definition) is 3. The van der Waals surface area contributed by atoms with Gasteiger partial charge in [-0.1, -0.05) is 34.1 Å². The molecule has 2 amide bonds. The van der Waals surface area contributed by atoms with Crippen LogP contribution in [0.15, 0.2) is 53.0 Å². The van der Waals surface area contributed by atoms with E-state index in [0.717, 1.165) is 22.2 Å². The Labute approximate surface area is 181 Å². The lowest BCUT2D eigenvalue weighted by Gasteiger charge is -2.34. The highest BCUT2D eigenvalue weighted by Crippen LogP contribution is 2.29. The Kier molecular flexibility index (Phi) is 7.14. The van der Waals surface area contributed by atoms with E-state index in [2.05, 4.69) is 26.1 Å². The van der Waals surface area contributed by atoms with Gasteiger partial charge in [0.05, 0.1) is 12.1 Å². The molecule has 1 fully saturated rings. The number of alkyl halides is 3. The van der Waals surface area contributed by atoms with Crippen LogP contribution in [0.4, 0.5) is 13.2 Å². The van der Waals surface area contributed by atoms with Gasteiger partial charge in [0.15, 0.2) is 0 Å². The second-order valence-corrected chi connectivity index (χ2v) is 7.96. The molecule has 30 heavy (non-hydrogen) atoms. The number of benzene rings is 2. The van der Waals surface area contributed by atoms with Crippen molar-refractivity contribution in [3.05, 3.63) is 69.7 Å². The molecule has 0 radical (unpaired) electrons. The van der Waals surface area contributed by atoms with E-state index in [4.69, 9.17) is 0 Å². The first kappa shape index (κ1) is 22.3. The van der Waals surface area contributed by atoms with Gasteiger partial charge < -0.3 is 10.2 Å². The smallest absolute Gasteiger partial charge is 0.343 e. The van der Waals surface area contributed by atoms with E-state index in [9.17, 15) is 22.8 Å². The first-order valence-corrected chi connectivity index (χ1v) is 10.2. The second kappa shape index (κ2) is 9.61. The number of nitrogens with zero attached hydrogens (tertiary/aromatic N) is 2. The fourth-order valence-electron chi connectivity index (χ4n) is 3.21. The zero-order valence-corrected chi connectivity index (χ0v) is 17.7. The van der Waals surface area contributed by atoms with Crippen molar-refractivity contribution in [3.63, 3.8) is 0 Å². The number of amides is 2. The van der Waals surface area contributed by atoms with Crippen LogP contribution in [-0.4, -0.2) is 54.3 Å². The van der Waals surface area contributed by atoms with Gasteiger partial charge >= 0.3 is 6.18 Å². The molecule has 0 saturated carbocycles. The predicted molar refractivity (Wildman–Crippen MR) is 110 cm³/mol. The molecule has 0 aromatic heterocycles. The lowest BCUT2D eigenvalue weighted by atomic mass is 10.1. The molecule has 3 rings (SSSR count). The third-order valence-corrected chi connectivity index (χ3v) is 5.39. The van der Waals surface area contributed by atoms with Crippen molar-refractivity contribution < 1.29 is 22.8 Å². The van der Waals surface area contributed by atoms with E-state index in [1.54, 1.807) is 23.1 Å². The van der Waals surface area contributed by atoms with Crippen molar-refractivity contribution >= 4 is 27.7 Å². The number of piperazine rings is 1. The molecule has 1 saturated heterocycles. The molecule has 2 aromatic rings. The van der Waals surface area contributed by atoms with Crippen LogP contribution in [0.25, 0.3) is 0 Å². The predicted octanol–water partition coefficient (Wildman–Crippen LogP) is 3.54. The summed E-state index contributed by atoms with van der Waals surface area (Å²) in [5.74, 6) is -0.474. The van der Waals surface area contributed by atoms with Crippen molar-refractivity contribution in [3.8, 4) is 0 Å². The summed E-state index contributed by atoms with van der Waals surface area (Å²) in [6.07, 6.45) is -4.34. The normalized spacial score (nSPS) is 15.1. The van der Waals surface area contributed by atoms with Crippen LogP contribution < -0.4 is 5.32 Å². The minimum atomic E-state index is -4.34. The van der Waals surface area contributed by atoms with Crippen LogP contribution >= 0.6 is 15.9 Å². The number of rotatable bonds is 5. The molecule has 1 aliphatic rings. The Morgan fingerprint density at radius 2 is 1.67 bits per heavy atom. The van der Waals surface area contributed by atoms with Crippen LogP contribution in [0.5, 0.6) is 0 Å². The van der Waals surface area contributed by atoms with E-state index in [0.29, 0.717) is 38.3 Å². The lowest BCUT2D eigenvalue weighted by Crippen LogP contribution is -2.50. The molecule has 1 heterocycles. The van der Waals surface area contributed by atoms with E-state index in [1.807, 2.05) is 6.07 Å². The van der Waals surface area contributed by atoms with Crippen molar-refractivity contribution in [2.45, 2.75) is 12.7 Å². The molecule has 0 unspecified atom stereocenters. The molecule has 5 nitrogen and oxygen atoms in total. The van der Waals surface area contributed by atoms with Gasteiger partial charge in [-0.05, 0) is 35.9 Å². The van der Waals surface area contributed by atoms with Gasteiger partial charge in [-0.2, -0.15) is 13.2 Å². The molecule has 0 spiro atoms. The van der Waals surface area contributed by atoms with Crippen LogP contribution in [0, 0.1) is 0 Å². The third kappa shape index (κ3) is 6.06. The number of carbonyl (C=O) groups is 2. The minimum absolute atomic E-state index is 0.0791. The van der Waals surface area contributed by atoms with Gasteiger partial charge in [-0.25, -0.2) is 0 Å². The second-order valence-electron chi connectivity index (χ2n) is 7.04. The average molecular weight is 484 g/mol. The number of halogens is 4. The standard InChI is InChI=1S/C21H21BrF3N3O2/c22-18-3-1-2-16(12-18)20(30)26-13-19(29)28-10-8-27(9-11-28)14-15-4-6-17(7-5-15)21(23,24)25/h1-7,12H,8-11,13-14H2,(H,26,30). The van der Waals surface area contributed by atoms with E-state index in [-0.39, 0.29) is 18.4 Å². The van der Waals surface area contributed by atoms with E-state index >= 15 is 0 Å². The highest BCUT2D eigenvalue weighted by molar-refractivity contribution is 9.10. The SMILES string of the molecule is O=C(NCC(=O)N1CCN(Cc2ccc(C(F)(F)F)cc2)CC1)c1cccc(Br)c1. The van der Waals surface area contributed by atoms with Gasteiger partial charge in [0, 0.05) is 42.8 Å². The first-order valence-electron chi connectivity index (χ1n) is 9.42. The Balaban J connectivity index is 1.43. The topological polar surface area (TPSA) is 52.7 Å². The van der Waals surface area contributed by atoms with Gasteiger partial charge in [-0.3, -0.25) is 14.5 Å². The molecular weight excluding hydrogens is 463 g/mol. The highest BCUT2D eigenvalue weighted by atomic mass is 79.9. The minimum Gasteiger partial charge on any atom is -0.343 e. The fraction of sp³-hybridized carbons (Fsp3) is 0.333. The molecule has 1 N–H and O–H groups in total. The van der Waals surface area contributed by atoms with Crippen molar-refractivity contribution in [2.24, 2.45) is 0 Å². The average Bonchev–Trinajstić information content (AvgIpc) is 2.72. The lowest BCUT2D eigenvalue weighted by molar-refractivity contribution is -0.137. The zero-order chi connectivity index (χ0) is 21.7. The molecule has 0 bridgehead atoms. The summed E-state index contributed by atoms with van der Waals surface area (Å²) < 4.78 is 38.7. The maximum absolute atomic E-state index is 12.6. The molecule has 2 aromatic carbocycles. The summed E-state index contributed by atoms with van der Waals surface area (Å²) in [4.78, 5) is 28.3. The van der Waals surface area contributed by atoms with Gasteiger partial charge in [0.25, 0.3) is 5.91 Å². The van der Waals surface area contributed by atoms with Crippen LogP contribution in [0.3, 0.4) is 0 Å². The van der Waals surface area contributed by atoms with E-state index in [1.165, 1.54) is 12.1 Å². The molecule has 9 heteroatoms. The summed E-state index contributed by atoms with van der Waals surface area (Å²) in [5, 5.41) is 2.64. The maximum atomic E-state index is 12.6.